The fourth-order valence-corrected chi connectivity index (χ4v) is 3.05. The Hall–Kier alpha value is -2.82. The summed E-state index contributed by atoms with van der Waals surface area (Å²) >= 11 is 0. The van der Waals surface area contributed by atoms with E-state index in [9.17, 15) is 9.59 Å². The first-order valence-electron chi connectivity index (χ1n) is 8.62. The molecule has 2 aromatic carbocycles. The van der Waals surface area contributed by atoms with Gasteiger partial charge in [-0.15, -0.1) is 0 Å². The standard InChI is InChI=1S/C20H23N3O2/c1-14(2)21-20(25)22-17-10-11-18-16(13-17)9-6-12-23(18)19(24)15-7-4-3-5-8-15/h3-5,7-8,10-11,13-14H,6,9,12H2,1-2H3,(H2,21,22,25). The number of fused-ring (bicyclic) bond motifs is 1. The van der Waals surface area contributed by atoms with Gasteiger partial charge in [-0.1, -0.05) is 18.2 Å². The number of carbonyl (C=O) groups is 2. The molecule has 0 atom stereocenters. The molecule has 0 spiro atoms. The lowest BCUT2D eigenvalue weighted by molar-refractivity contribution is 0.0985. The molecule has 3 amide bonds. The Balaban J connectivity index is 1.80. The van der Waals surface area contributed by atoms with Crippen LogP contribution in [0, 0.1) is 0 Å². The number of nitrogens with zero attached hydrogens (tertiary/aromatic N) is 1. The van der Waals surface area contributed by atoms with Gasteiger partial charge in [-0.05, 0) is 62.6 Å². The first-order valence-corrected chi connectivity index (χ1v) is 8.62. The minimum Gasteiger partial charge on any atom is -0.336 e. The number of nitrogens with one attached hydrogen (secondary N) is 2. The fourth-order valence-electron chi connectivity index (χ4n) is 3.05. The second kappa shape index (κ2) is 7.38. The molecule has 25 heavy (non-hydrogen) atoms. The van der Waals surface area contributed by atoms with Crippen molar-refractivity contribution in [3.05, 3.63) is 59.7 Å². The van der Waals surface area contributed by atoms with Gasteiger partial charge < -0.3 is 15.5 Å². The van der Waals surface area contributed by atoms with Gasteiger partial charge >= 0.3 is 6.03 Å². The molecule has 0 bridgehead atoms. The van der Waals surface area contributed by atoms with Crippen LogP contribution in [0.4, 0.5) is 16.2 Å². The molecule has 0 aliphatic carbocycles. The van der Waals surface area contributed by atoms with E-state index in [-0.39, 0.29) is 18.0 Å². The largest absolute Gasteiger partial charge is 0.336 e. The van der Waals surface area contributed by atoms with Crippen LogP contribution in [0.1, 0.15) is 36.2 Å². The highest BCUT2D eigenvalue weighted by Gasteiger charge is 2.23. The quantitative estimate of drug-likeness (QED) is 0.895. The van der Waals surface area contributed by atoms with E-state index in [1.807, 2.05) is 67.3 Å². The summed E-state index contributed by atoms with van der Waals surface area (Å²) in [6.45, 7) is 4.54. The molecule has 5 nitrogen and oxygen atoms in total. The van der Waals surface area contributed by atoms with E-state index < -0.39 is 0 Å². The minimum atomic E-state index is -0.219. The number of carbonyl (C=O) groups excluding carboxylic acids is 2. The highest BCUT2D eigenvalue weighted by atomic mass is 16.2. The van der Waals surface area contributed by atoms with E-state index in [0.717, 1.165) is 29.8 Å². The lowest BCUT2D eigenvalue weighted by Crippen LogP contribution is -2.36. The van der Waals surface area contributed by atoms with Gasteiger partial charge in [0.15, 0.2) is 0 Å². The van der Waals surface area contributed by atoms with Crippen LogP contribution in [-0.4, -0.2) is 24.5 Å². The van der Waals surface area contributed by atoms with Crippen LogP contribution in [0.2, 0.25) is 0 Å². The summed E-state index contributed by atoms with van der Waals surface area (Å²) in [4.78, 5) is 26.5. The van der Waals surface area contributed by atoms with Gasteiger partial charge in [0, 0.05) is 29.5 Å². The van der Waals surface area contributed by atoms with Crippen molar-refractivity contribution in [3.8, 4) is 0 Å². The normalized spacial score (nSPS) is 13.3. The van der Waals surface area contributed by atoms with Crippen LogP contribution >= 0.6 is 0 Å². The highest BCUT2D eigenvalue weighted by molar-refractivity contribution is 6.07. The van der Waals surface area contributed by atoms with Crippen molar-refractivity contribution in [1.29, 1.82) is 0 Å². The monoisotopic (exact) mass is 337 g/mol. The lowest BCUT2D eigenvalue weighted by Gasteiger charge is -2.30. The zero-order chi connectivity index (χ0) is 17.8. The maximum absolute atomic E-state index is 12.8. The van der Waals surface area contributed by atoms with Crippen molar-refractivity contribution in [2.45, 2.75) is 32.7 Å². The molecule has 1 aliphatic heterocycles. The molecular formula is C20H23N3O2. The van der Waals surface area contributed by atoms with Crippen molar-refractivity contribution >= 4 is 23.3 Å². The van der Waals surface area contributed by atoms with Gasteiger partial charge in [-0.3, -0.25) is 4.79 Å². The van der Waals surface area contributed by atoms with Crippen molar-refractivity contribution in [1.82, 2.24) is 5.32 Å². The summed E-state index contributed by atoms with van der Waals surface area (Å²) in [5.41, 5.74) is 3.44. The zero-order valence-corrected chi connectivity index (χ0v) is 14.6. The van der Waals surface area contributed by atoms with Gasteiger partial charge in [-0.25, -0.2) is 4.79 Å². The Kier molecular flexibility index (Phi) is 5.03. The molecule has 1 heterocycles. The molecule has 2 N–H and O–H groups in total. The average molecular weight is 337 g/mol. The molecule has 130 valence electrons. The van der Waals surface area contributed by atoms with Crippen molar-refractivity contribution in [3.63, 3.8) is 0 Å². The molecule has 0 saturated heterocycles. The van der Waals surface area contributed by atoms with Gasteiger partial charge in [0.25, 0.3) is 5.91 Å². The highest BCUT2D eigenvalue weighted by Crippen LogP contribution is 2.30. The molecule has 5 heteroatoms. The Morgan fingerprint density at radius 3 is 2.56 bits per heavy atom. The third-order valence-electron chi connectivity index (χ3n) is 4.14. The fraction of sp³-hybridized carbons (Fsp3) is 0.300. The molecule has 0 radical (unpaired) electrons. The first-order chi connectivity index (χ1) is 12.0. The van der Waals surface area contributed by atoms with Crippen LogP contribution < -0.4 is 15.5 Å². The van der Waals surface area contributed by atoms with E-state index in [1.165, 1.54) is 0 Å². The third kappa shape index (κ3) is 3.99. The second-order valence-electron chi connectivity index (χ2n) is 6.52. The van der Waals surface area contributed by atoms with Crippen molar-refractivity contribution < 1.29 is 9.59 Å². The Morgan fingerprint density at radius 2 is 1.84 bits per heavy atom. The van der Waals surface area contributed by atoms with Crippen LogP contribution in [0.15, 0.2) is 48.5 Å². The molecule has 0 unspecified atom stereocenters. The Labute approximate surface area is 148 Å². The van der Waals surface area contributed by atoms with Crippen molar-refractivity contribution in [2.24, 2.45) is 0 Å². The maximum atomic E-state index is 12.8. The van der Waals surface area contributed by atoms with E-state index in [0.29, 0.717) is 12.1 Å². The maximum Gasteiger partial charge on any atom is 0.319 e. The number of urea groups is 1. The first kappa shape index (κ1) is 17.0. The van der Waals surface area contributed by atoms with E-state index in [4.69, 9.17) is 0 Å². The number of hydrogen-bond donors (Lipinski definition) is 2. The number of anilines is 2. The van der Waals surface area contributed by atoms with E-state index in [1.54, 1.807) is 0 Å². The zero-order valence-electron chi connectivity index (χ0n) is 14.6. The van der Waals surface area contributed by atoms with Crippen LogP contribution in [0.3, 0.4) is 0 Å². The van der Waals surface area contributed by atoms with Crippen LogP contribution in [-0.2, 0) is 6.42 Å². The number of benzene rings is 2. The lowest BCUT2D eigenvalue weighted by atomic mass is 10.00. The summed E-state index contributed by atoms with van der Waals surface area (Å²) in [6, 6.07) is 14.9. The number of amides is 3. The van der Waals surface area contributed by atoms with Crippen molar-refractivity contribution in [2.75, 3.05) is 16.8 Å². The molecule has 0 aromatic heterocycles. The Morgan fingerprint density at radius 1 is 1.08 bits per heavy atom. The number of hydrogen-bond acceptors (Lipinski definition) is 2. The number of rotatable bonds is 3. The predicted molar refractivity (Wildman–Crippen MR) is 100 cm³/mol. The molecule has 0 saturated carbocycles. The Bertz CT molecular complexity index is 772. The average Bonchev–Trinajstić information content (AvgIpc) is 2.60. The summed E-state index contributed by atoms with van der Waals surface area (Å²) in [5.74, 6) is 0.0137. The smallest absolute Gasteiger partial charge is 0.319 e. The molecule has 2 aromatic rings. The number of aryl methyl sites for hydroxylation is 1. The molecule has 1 aliphatic rings. The summed E-state index contributed by atoms with van der Waals surface area (Å²) in [7, 11) is 0. The summed E-state index contributed by atoms with van der Waals surface area (Å²) < 4.78 is 0. The molecule has 3 rings (SSSR count). The molecule has 0 fully saturated rings. The van der Waals surface area contributed by atoms with E-state index >= 15 is 0 Å². The van der Waals surface area contributed by atoms with Gasteiger partial charge in [0.05, 0.1) is 0 Å². The van der Waals surface area contributed by atoms with Gasteiger partial charge in [0.2, 0.25) is 0 Å². The van der Waals surface area contributed by atoms with Gasteiger partial charge in [-0.2, -0.15) is 0 Å². The molecular weight excluding hydrogens is 314 g/mol. The van der Waals surface area contributed by atoms with E-state index in [2.05, 4.69) is 10.6 Å². The third-order valence-corrected chi connectivity index (χ3v) is 4.14. The summed E-state index contributed by atoms with van der Waals surface area (Å²) in [5, 5.41) is 5.65. The predicted octanol–water partition coefficient (Wildman–Crippen LogP) is 3.81. The minimum absolute atomic E-state index is 0.0137. The van der Waals surface area contributed by atoms with Gasteiger partial charge in [0.1, 0.15) is 0 Å². The topological polar surface area (TPSA) is 61.4 Å². The second-order valence-corrected chi connectivity index (χ2v) is 6.52. The summed E-state index contributed by atoms with van der Waals surface area (Å²) in [6.07, 6.45) is 1.81. The SMILES string of the molecule is CC(C)NC(=O)Nc1ccc2c(c1)CCCN2C(=O)c1ccccc1. The van der Waals surface area contributed by atoms with Crippen LogP contribution in [0.25, 0.3) is 0 Å². The van der Waals surface area contributed by atoms with Crippen LogP contribution in [0.5, 0.6) is 0 Å².